The first-order chi connectivity index (χ1) is 17.8. The molecule has 6 aliphatic rings. The van der Waals surface area contributed by atoms with Gasteiger partial charge in [0.1, 0.15) is 11.6 Å². The predicted octanol–water partition coefficient (Wildman–Crippen LogP) is 3.65. The van der Waals surface area contributed by atoms with E-state index in [1.807, 2.05) is 0 Å². The number of carbonyl (C=O) groups excluding carboxylic acids is 4. The van der Waals surface area contributed by atoms with Gasteiger partial charge in [0.25, 0.3) is 0 Å². The molecule has 2 saturated carbocycles. The molecule has 7 nitrogen and oxygen atoms in total. The Morgan fingerprint density at radius 3 is 2.22 bits per heavy atom. The minimum Gasteiger partial charge on any atom is -0.426 e. The number of anilines is 2. The normalized spacial score (nSPS) is 33.1. The Hall–Kier alpha value is -3.81. The number of allylic oxidation sites excluding steroid dienone is 2. The van der Waals surface area contributed by atoms with E-state index in [2.05, 4.69) is 12.2 Å². The van der Waals surface area contributed by atoms with E-state index in [0.29, 0.717) is 34.5 Å². The highest BCUT2D eigenvalue weighted by Gasteiger charge is 2.67. The second-order valence-corrected chi connectivity index (χ2v) is 10.9. The molecule has 2 aromatic carbocycles. The average Bonchev–Trinajstić information content (AvgIpc) is 3.56. The highest BCUT2D eigenvalue weighted by atomic mass is 19.1. The smallest absolute Gasteiger partial charge is 0.316 e. The van der Waals surface area contributed by atoms with Crippen LogP contribution in [0.3, 0.4) is 0 Å². The Labute approximate surface area is 212 Å². The second kappa shape index (κ2) is 7.84. The maximum Gasteiger partial charge on any atom is 0.316 e. The fraction of sp³-hybridized carbons (Fsp3) is 0.379. The van der Waals surface area contributed by atoms with Gasteiger partial charge in [-0.05, 0) is 85.0 Å². The van der Waals surface area contributed by atoms with E-state index >= 15 is 0 Å². The Balaban J connectivity index is 1.06. The zero-order valence-electron chi connectivity index (χ0n) is 20.2. The Morgan fingerprint density at radius 1 is 0.946 bits per heavy atom. The van der Waals surface area contributed by atoms with Crippen molar-refractivity contribution >= 4 is 35.1 Å². The molecule has 0 radical (unpaired) electrons. The predicted molar refractivity (Wildman–Crippen MR) is 131 cm³/mol. The average molecular weight is 501 g/mol. The molecule has 188 valence electrons. The lowest BCUT2D eigenvalue weighted by Crippen LogP contribution is -2.40. The minimum atomic E-state index is -0.656. The molecule has 7 atom stereocenters. The molecule has 2 aromatic rings. The first-order valence-electron chi connectivity index (χ1n) is 12.8. The molecule has 0 spiro atoms. The van der Waals surface area contributed by atoms with Crippen LogP contribution in [0.15, 0.2) is 54.6 Å². The standard InChI is InChI=1S/C29H25FN2O5/c1-14-10-18(37-29(36)15-11-24(33)31(13-15)17-4-2-16(30)3-5-17)6-9-23(14)32-27(34)25-19-7-8-20(22-12-21(19)22)26(25)28(32)35/h2-10,15,19-22,25-26H,11-13H2,1H3/t15-,19+,20+,21-,22+,25-,26-/m1/s1. The SMILES string of the molecule is Cc1cc(OC(=O)[C@@H]2CC(=O)N(c3ccc(F)cc3)C2)ccc1N1C(=O)[C@@H]2[C@H]3C=C[C@@H]([C@@H]4C[C@H]34)[C@H]2C1=O. The summed E-state index contributed by atoms with van der Waals surface area (Å²) in [5.74, 6) is -0.932. The van der Waals surface area contributed by atoms with Crippen LogP contribution < -0.4 is 14.5 Å². The molecule has 8 rings (SSSR count). The summed E-state index contributed by atoms with van der Waals surface area (Å²) in [6.45, 7) is 1.94. The molecule has 4 fully saturated rings. The molecule has 0 N–H and O–H groups in total. The van der Waals surface area contributed by atoms with Crippen molar-refractivity contribution in [2.24, 2.45) is 41.4 Å². The van der Waals surface area contributed by atoms with Gasteiger partial charge in [-0.25, -0.2) is 9.29 Å². The molecular weight excluding hydrogens is 475 g/mol. The van der Waals surface area contributed by atoms with Crippen LogP contribution in [0.5, 0.6) is 5.75 Å². The summed E-state index contributed by atoms with van der Waals surface area (Å²) in [6.07, 6.45) is 5.42. The number of imide groups is 1. The lowest BCUT2D eigenvalue weighted by molar-refractivity contribution is -0.139. The molecule has 0 aromatic heterocycles. The largest absolute Gasteiger partial charge is 0.426 e. The molecule has 3 amide bonds. The van der Waals surface area contributed by atoms with Gasteiger partial charge in [-0.3, -0.25) is 19.2 Å². The minimum absolute atomic E-state index is 0.00515. The Bertz CT molecular complexity index is 1370. The number of hydrogen-bond donors (Lipinski definition) is 0. The molecule has 2 heterocycles. The van der Waals surface area contributed by atoms with Crippen LogP contribution in [0.25, 0.3) is 0 Å². The van der Waals surface area contributed by atoms with Gasteiger partial charge in [0.05, 0.1) is 23.4 Å². The van der Waals surface area contributed by atoms with Crippen molar-refractivity contribution in [3.05, 3.63) is 66.0 Å². The number of aryl methyl sites for hydroxylation is 1. The number of amides is 3. The maximum atomic E-state index is 13.4. The third-order valence-corrected chi connectivity index (χ3v) is 8.89. The molecule has 37 heavy (non-hydrogen) atoms. The molecular formula is C29H25FN2O5. The lowest BCUT2D eigenvalue weighted by atomic mass is 9.63. The molecule has 4 aliphatic carbocycles. The van der Waals surface area contributed by atoms with Gasteiger partial charge in [-0.15, -0.1) is 0 Å². The van der Waals surface area contributed by atoms with E-state index in [9.17, 15) is 23.6 Å². The third kappa shape index (κ3) is 3.31. The third-order valence-electron chi connectivity index (χ3n) is 8.89. The van der Waals surface area contributed by atoms with Crippen molar-refractivity contribution in [2.45, 2.75) is 19.8 Å². The lowest BCUT2D eigenvalue weighted by Gasteiger charge is -2.37. The summed E-state index contributed by atoms with van der Waals surface area (Å²) in [4.78, 5) is 54.9. The number of hydrogen-bond acceptors (Lipinski definition) is 5. The van der Waals surface area contributed by atoms with Gasteiger partial charge in [0.2, 0.25) is 17.7 Å². The quantitative estimate of drug-likeness (QED) is 0.277. The number of ether oxygens (including phenoxy) is 1. The molecule has 2 aliphatic heterocycles. The fourth-order valence-corrected chi connectivity index (χ4v) is 7.07. The van der Waals surface area contributed by atoms with Crippen LogP contribution in [0.2, 0.25) is 0 Å². The summed E-state index contributed by atoms with van der Waals surface area (Å²) in [5, 5.41) is 0. The van der Waals surface area contributed by atoms with Gasteiger partial charge in [0.15, 0.2) is 0 Å². The number of benzene rings is 2. The number of nitrogens with zero attached hydrogens (tertiary/aromatic N) is 2. The van der Waals surface area contributed by atoms with Crippen LogP contribution in [0, 0.1) is 54.2 Å². The van der Waals surface area contributed by atoms with Crippen LogP contribution in [-0.4, -0.2) is 30.2 Å². The Kier molecular flexibility index (Phi) is 4.75. The number of rotatable bonds is 4. The van der Waals surface area contributed by atoms with E-state index < -0.39 is 17.7 Å². The van der Waals surface area contributed by atoms with Gasteiger partial charge >= 0.3 is 5.97 Å². The highest BCUT2D eigenvalue weighted by Crippen LogP contribution is 2.65. The summed E-state index contributed by atoms with van der Waals surface area (Å²) in [7, 11) is 0. The molecule has 0 unspecified atom stereocenters. The van der Waals surface area contributed by atoms with E-state index in [4.69, 9.17) is 4.74 Å². The number of carbonyl (C=O) groups is 4. The zero-order chi connectivity index (χ0) is 25.6. The molecule has 2 saturated heterocycles. The van der Waals surface area contributed by atoms with E-state index in [-0.39, 0.29) is 54.4 Å². The monoisotopic (exact) mass is 500 g/mol. The summed E-state index contributed by atoms with van der Waals surface area (Å²) in [6, 6.07) is 10.4. The maximum absolute atomic E-state index is 13.4. The van der Waals surface area contributed by atoms with Gasteiger partial charge < -0.3 is 9.64 Å². The van der Waals surface area contributed by atoms with E-state index in [1.165, 1.54) is 34.1 Å². The first-order valence-corrected chi connectivity index (χ1v) is 12.8. The number of halogens is 1. The van der Waals surface area contributed by atoms with Gasteiger partial charge in [-0.2, -0.15) is 0 Å². The zero-order valence-corrected chi connectivity index (χ0v) is 20.2. The van der Waals surface area contributed by atoms with Crippen LogP contribution in [-0.2, 0) is 19.2 Å². The first kappa shape index (κ1) is 22.4. The van der Waals surface area contributed by atoms with E-state index in [0.717, 1.165) is 6.42 Å². The highest BCUT2D eigenvalue weighted by molar-refractivity contribution is 6.23. The summed E-state index contributed by atoms with van der Waals surface area (Å²) in [5.41, 5.74) is 1.71. The van der Waals surface area contributed by atoms with E-state index in [1.54, 1.807) is 25.1 Å². The Morgan fingerprint density at radius 2 is 1.59 bits per heavy atom. The van der Waals surface area contributed by atoms with Crippen molar-refractivity contribution < 1.29 is 28.3 Å². The topological polar surface area (TPSA) is 84.0 Å². The van der Waals surface area contributed by atoms with Crippen molar-refractivity contribution in [1.82, 2.24) is 0 Å². The van der Waals surface area contributed by atoms with Crippen LogP contribution in [0.4, 0.5) is 15.8 Å². The van der Waals surface area contributed by atoms with Crippen molar-refractivity contribution in [1.29, 1.82) is 0 Å². The van der Waals surface area contributed by atoms with Crippen LogP contribution in [0.1, 0.15) is 18.4 Å². The number of esters is 1. The van der Waals surface area contributed by atoms with Gasteiger partial charge in [-0.1, -0.05) is 12.2 Å². The van der Waals surface area contributed by atoms with Crippen molar-refractivity contribution in [3.63, 3.8) is 0 Å². The fourth-order valence-electron chi connectivity index (χ4n) is 7.07. The van der Waals surface area contributed by atoms with Gasteiger partial charge in [0, 0.05) is 18.7 Å². The summed E-state index contributed by atoms with van der Waals surface area (Å²) >= 11 is 0. The van der Waals surface area contributed by atoms with Crippen LogP contribution >= 0.6 is 0 Å². The summed E-state index contributed by atoms with van der Waals surface area (Å²) < 4.78 is 18.8. The second-order valence-electron chi connectivity index (χ2n) is 10.9. The van der Waals surface area contributed by atoms with Crippen molar-refractivity contribution in [3.8, 4) is 5.75 Å². The molecule has 8 heteroatoms. The van der Waals surface area contributed by atoms with Crippen molar-refractivity contribution in [2.75, 3.05) is 16.3 Å². The molecule has 2 bridgehead atoms.